The highest BCUT2D eigenvalue weighted by Crippen LogP contribution is 2.33. The van der Waals surface area contributed by atoms with Gasteiger partial charge in [-0.05, 0) is 85.3 Å². The molecule has 0 atom stereocenters. The van der Waals surface area contributed by atoms with Crippen LogP contribution in [0.1, 0.15) is 28.8 Å². The number of benzene rings is 2. The van der Waals surface area contributed by atoms with Gasteiger partial charge in [-0.2, -0.15) is 0 Å². The van der Waals surface area contributed by atoms with E-state index in [1.54, 1.807) is 18.2 Å². The summed E-state index contributed by atoms with van der Waals surface area (Å²) < 4.78 is 35.1. The molecule has 8 nitrogen and oxygen atoms in total. The summed E-state index contributed by atoms with van der Waals surface area (Å²) >= 11 is 0. The fourth-order valence-corrected chi connectivity index (χ4v) is 4.43. The Morgan fingerprint density at radius 3 is 2.47 bits per heavy atom. The zero-order chi connectivity index (χ0) is 24.1. The first kappa shape index (κ1) is 23.7. The third kappa shape index (κ3) is 6.12. The minimum Gasteiger partial charge on any atom is -0.478 e. The molecular weight excluding hydrogens is 456 g/mol. The number of nitrogens with zero attached hydrogens (tertiary/aromatic N) is 1. The van der Waals surface area contributed by atoms with Gasteiger partial charge < -0.3 is 19.9 Å². The van der Waals surface area contributed by atoms with Gasteiger partial charge in [0.1, 0.15) is 17.3 Å². The molecule has 34 heavy (non-hydrogen) atoms. The van der Waals surface area contributed by atoms with E-state index in [0.717, 1.165) is 43.7 Å². The maximum atomic E-state index is 11.7. The van der Waals surface area contributed by atoms with Crippen LogP contribution in [0.15, 0.2) is 65.7 Å². The molecule has 0 radical (unpaired) electrons. The van der Waals surface area contributed by atoms with E-state index in [2.05, 4.69) is 10.3 Å². The smallest absolute Gasteiger partial charge is 0.337 e. The first-order valence-electron chi connectivity index (χ1n) is 10.9. The molecule has 178 valence electrons. The summed E-state index contributed by atoms with van der Waals surface area (Å²) in [4.78, 5) is 15.5. The molecule has 9 heteroatoms. The number of aromatic carboxylic acids is 1. The van der Waals surface area contributed by atoms with E-state index < -0.39 is 15.8 Å². The summed E-state index contributed by atoms with van der Waals surface area (Å²) in [5.74, 6) is 1.22. The minimum absolute atomic E-state index is 0.122. The largest absolute Gasteiger partial charge is 0.478 e. The van der Waals surface area contributed by atoms with Crippen molar-refractivity contribution in [2.75, 3.05) is 24.8 Å². The van der Waals surface area contributed by atoms with Crippen LogP contribution in [0.25, 0.3) is 0 Å². The van der Waals surface area contributed by atoms with Crippen molar-refractivity contribution in [3.8, 4) is 11.5 Å². The molecule has 1 saturated heterocycles. The van der Waals surface area contributed by atoms with E-state index in [1.165, 1.54) is 30.7 Å². The lowest BCUT2D eigenvalue weighted by atomic mass is 9.92. The summed E-state index contributed by atoms with van der Waals surface area (Å²) in [6.07, 6.45) is 5.23. The molecule has 1 fully saturated rings. The highest BCUT2D eigenvalue weighted by atomic mass is 32.2. The molecule has 0 spiro atoms. The third-order valence-corrected chi connectivity index (χ3v) is 6.80. The van der Waals surface area contributed by atoms with E-state index in [4.69, 9.17) is 14.6 Å². The Kier molecular flexibility index (Phi) is 7.14. The summed E-state index contributed by atoms with van der Waals surface area (Å²) in [6.45, 7) is 1.48. The number of hydrogen-bond donors (Lipinski definition) is 2. The zero-order valence-corrected chi connectivity index (χ0v) is 19.5. The number of aromatic nitrogens is 1. The Bertz CT molecular complexity index is 1250. The van der Waals surface area contributed by atoms with Crippen LogP contribution in [-0.2, 0) is 21.0 Å². The monoisotopic (exact) mass is 482 g/mol. The molecule has 2 heterocycles. The summed E-state index contributed by atoms with van der Waals surface area (Å²) in [5, 5.41) is 12.3. The number of pyridine rings is 1. The number of anilines is 2. The molecule has 1 aliphatic rings. The molecule has 0 amide bonds. The predicted molar refractivity (Wildman–Crippen MR) is 128 cm³/mol. The van der Waals surface area contributed by atoms with Crippen molar-refractivity contribution >= 4 is 27.3 Å². The van der Waals surface area contributed by atoms with Gasteiger partial charge in [0.25, 0.3) is 0 Å². The van der Waals surface area contributed by atoms with Crippen molar-refractivity contribution in [2.45, 2.75) is 24.2 Å². The van der Waals surface area contributed by atoms with Gasteiger partial charge in [-0.25, -0.2) is 18.2 Å². The molecule has 0 unspecified atom stereocenters. The van der Waals surface area contributed by atoms with Crippen LogP contribution in [0.2, 0.25) is 0 Å². The Morgan fingerprint density at radius 1 is 1.12 bits per heavy atom. The van der Waals surface area contributed by atoms with Crippen LogP contribution in [0.4, 0.5) is 11.5 Å². The van der Waals surface area contributed by atoms with Gasteiger partial charge >= 0.3 is 5.97 Å². The first-order valence-corrected chi connectivity index (χ1v) is 12.8. The van der Waals surface area contributed by atoms with Gasteiger partial charge in [-0.15, -0.1) is 0 Å². The van der Waals surface area contributed by atoms with Gasteiger partial charge in [0.15, 0.2) is 9.84 Å². The summed E-state index contributed by atoms with van der Waals surface area (Å²) in [6, 6.07) is 15.2. The standard InChI is InChI=1S/C25H26N2O6S/c1-34(30,31)22-6-4-21(5-7-22)33-23-8-3-20(15-19(23)14-17-10-12-32-13-11-17)27-24-9-2-18(16-26-24)25(28)29/h2-9,15-17H,10-14H2,1H3,(H,26,27)(H,28,29). The molecule has 3 aromatic rings. The van der Waals surface area contributed by atoms with Gasteiger partial charge in [0.2, 0.25) is 0 Å². The molecule has 2 aromatic carbocycles. The van der Waals surface area contributed by atoms with Crippen LogP contribution < -0.4 is 10.1 Å². The summed E-state index contributed by atoms with van der Waals surface area (Å²) in [5.41, 5.74) is 1.93. The minimum atomic E-state index is -3.28. The average molecular weight is 483 g/mol. The van der Waals surface area contributed by atoms with Crippen LogP contribution in [0.3, 0.4) is 0 Å². The number of sulfone groups is 1. The van der Waals surface area contributed by atoms with Crippen LogP contribution >= 0.6 is 0 Å². The highest BCUT2D eigenvalue weighted by molar-refractivity contribution is 7.90. The van der Waals surface area contributed by atoms with E-state index in [-0.39, 0.29) is 10.5 Å². The molecule has 1 aliphatic heterocycles. The second-order valence-corrected chi connectivity index (χ2v) is 10.3. The maximum absolute atomic E-state index is 11.7. The highest BCUT2D eigenvalue weighted by Gasteiger charge is 2.18. The first-order chi connectivity index (χ1) is 16.3. The normalized spacial score (nSPS) is 14.5. The second-order valence-electron chi connectivity index (χ2n) is 8.29. The molecule has 1 aromatic heterocycles. The predicted octanol–water partition coefficient (Wildman–Crippen LogP) is 4.69. The van der Waals surface area contributed by atoms with Gasteiger partial charge in [0, 0.05) is 31.4 Å². The average Bonchev–Trinajstić information content (AvgIpc) is 2.81. The fourth-order valence-electron chi connectivity index (χ4n) is 3.80. The number of nitrogens with one attached hydrogen (secondary N) is 1. The number of hydrogen-bond acceptors (Lipinski definition) is 7. The van der Waals surface area contributed by atoms with Gasteiger partial charge in [-0.1, -0.05) is 0 Å². The lowest BCUT2D eigenvalue weighted by molar-refractivity contribution is 0.0663. The Labute approximate surface area is 198 Å². The van der Waals surface area contributed by atoms with Crippen molar-refractivity contribution in [3.05, 3.63) is 71.9 Å². The van der Waals surface area contributed by atoms with Crippen molar-refractivity contribution < 1.29 is 27.8 Å². The van der Waals surface area contributed by atoms with Crippen molar-refractivity contribution in [3.63, 3.8) is 0 Å². The SMILES string of the molecule is CS(=O)(=O)c1ccc(Oc2ccc(Nc3ccc(C(=O)O)cn3)cc2CC2CCOCC2)cc1. The van der Waals surface area contributed by atoms with Crippen molar-refractivity contribution in [1.29, 1.82) is 0 Å². The van der Waals surface area contributed by atoms with Crippen LogP contribution in [0.5, 0.6) is 11.5 Å². The molecular formula is C25H26N2O6S. The maximum Gasteiger partial charge on any atom is 0.337 e. The molecule has 2 N–H and O–H groups in total. The Morgan fingerprint density at radius 2 is 1.85 bits per heavy atom. The van der Waals surface area contributed by atoms with E-state index in [1.807, 2.05) is 18.2 Å². The third-order valence-electron chi connectivity index (χ3n) is 5.67. The van der Waals surface area contributed by atoms with Crippen LogP contribution in [0, 0.1) is 5.92 Å². The number of carboxylic acid groups (broad SMARTS) is 1. The summed E-state index contributed by atoms with van der Waals surface area (Å²) in [7, 11) is -3.28. The second kappa shape index (κ2) is 10.2. The molecule has 0 bridgehead atoms. The molecule has 0 saturated carbocycles. The van der Waals surface area contributed by atoms with E-state index >= 15 is 0 Å². The van der Waals surface area contributed by atoms with E-state index in [0.29, 0.717) is 23.2 Å². The van der Waals surface area contributed by atoms with Crippen molar-refractivity contribution in [1.82, 2.24) is 4.98 Å². The fraction of sp³-hybridized carbons (Fsp3) is 0.280. The Balaban J connectivity index is 1.57. The quantitative estimate of drug-likeness (QED) is 0.475. The molecule has 4 rings (SSSR count). The lowest BCUT2D eigenvalue weighted by Crippen LogP contribution is -2.17. The van der Waals surface area contributed by atoms with Crippen molar-refractivity contribution in [2.24, 2.45) is 5.92 Å². The van der Waals surface area contributed by atoms with Crippen LogP contribution in [-0.4, -0.2) is 43.9 Å². The van der Waals surface area contributed by atoms with E-state index in [9.17, 15) is 13.2 Å². The number of carboxylic acids is 1. The number of ether oxygens (including phenoxy) is 2. The lowest BCUT2D eigenvalue weighted by Gasteiger charge is -2.23. The van der Waals surface area contributed by atoms with Gasteiger partial charge in [0.05, 0.1) is 10.5 Å². The van der Waals surface area contributed by atoms with Gasteiger partial charge in [-0.3, -0.25) is 0 Å². The number of carbonyl (C=O) groups is 1. The zero-order valence-electron chi connectivity index (χ0n) is 18.7. The number of rotatable bonds is 8. The Hall–Kier alpha value is -3.43. The molecule has 0 aliphatic carbocycles. The topological polar surface area (TPSA) is 115 Å².